The molecule has 2 aromatic carbocycles. The van der Waals surface area contributed by atoms with Crippen molar-refractivity contribution in [2.45, 2.75) is 12.0 Å². The molecule has 0 aromatic heterocycles. The van der Waals surface area contributed by atoms with Crippen LogP contribution in [0.2, 0.25) is 0 Å². The van der Waals surface area contributed by atoms with E-state index in [1.54, 1.807) is 0 Å². The van der Waals surface area contributed by atoms with Crippen molar-refractivity contribution in [3.8, 4) is 0 Å². The van der Waals surface area contributed by atoms with Gasteiger partial charge >= 0.3 is 0 Å². The molecule has 2 nitrogen and oxygen atoms in total. The van der Waals surface area contributed by atoms with E-state index < -0.39 is 5.60 Å². The molecule has 0 radical (unpaired) electrons. The molecule has 0 bridgehead atoms. The van der Waals surface area contributed by atoms with Crippen LogP contribution in [0.5, 0.6) is 0 Å². The third-order valence-corrected chi connectivity index (χ3v) is 3.29. The van der Waals surface area contributed by atoms with Crippen LogP contribution in [0.25, 0.3) is 10.8 Å². The number of rotatable bonds is 1. The lowest BCUT2D eigenvalue weighted by molar-refractivity contribution is 0.0245. The van der Waals surface area contributed by atoms with E-state index in [-0.39, 0.29) is 0 Å². The first-order chi connectivity index (χ1) is 7.80. The Kier molecular flexibility index (Phi) is 2.20. The zero-order valence-corrected chi connectivity index (χ0v) is 9.02. The fourth-order valence-electron chi connectivity index (χ4n) is 2.40. The van der Waals surface area contributed by atoms with Crippen molar-refractivity contribution in [2.75, 3.05) is 13.2 Å². The molecule has 1 aliphatic rings. The molecular formula is C14H14O2. The van der Waals surface area contributed by atoms with Crippen molar-refractivity contribution in [2.24, 2.45) is 0 Å². The van der Waals surface area contributed by atoms with E-state index in [4.69, 9.17) is 4.74 Å². The van der Waals surface area contributed by atoms with Crippen LogP contribution in [-0.2, 0) is 10.3 Å². The standard InChI is InChI=1S/C14H14O2/c15-14(8-9-16-10-14)13-7-3-5-11-4-1-2-6-12(11)13/h1-7,15H,8-10H2. The topological polar surface area (TPSA) is 29.5 Å². The molecule has 1 fully saturated rings. The lowest BCUT2D eigenvalue weighted by Crippen LogP contribution is -2.25. The minimum absolute atomic E-state index is 0.404. The molecular weight excluding hydrogens is 200 g/mol. The molecule has 2 aromatic rings. The molecule has 82 valence electrons. The van der Waals surface area contributed by atoms with Gasteiger partial charge in [0.05, 0.1) is 6.61 Å². The Bertz CT molecular complexity index is 508. The summed E-state index contributed by atoms with van der Waals surface area (Å²) >= 11 is 0. The van der Waals surface area contributed by atoms with E-state index in [1.807, 2.05) is 24.3 Å². The molecule has 0 saturated carbocycles. The van der Waals surface area contributed by atoms with E-state index >= 15 is 0 Å². The molecule has 1 unspecified atom stereocenters. The van der Waals surface area contributed by atoms with E-state index in [0.717, 1.165) is 10.9 Å². The van der Waals surface area contributed by atoms with Gasteiger partial charge in [-0.1, -0.05) is 42.5 Å². The maximum absolute atomic E-state index is 10.5. The number of benzene rings is 2. The zero-order valence-electron chi connectivity index (χ0n) is 9.02. The van der Waals surface area contributed by atoms with Crippen molar-refractivity contribution in [3.63, 3.8) is 0 Å². The summed E-state index contributed by atoms with van der Waals surface area (Å²) in [7, 11) is 0. The molecule has 3 rings (SSSR count). The number of fused-ring (bicyclic) bond motifs is 1. The highest BCUT2D eigenvalue weighted by Crippen LogP contribution is 2.34. The van der Waals surface area contributed by atoms with Gasteiger partial charge in [-0.25, -0.2) is 0 Å². The maximum atomic E-state index is 10.5. The summed E-state index contributed by atoms with van der Waals surface area (Å²) in [6.07, 6.45) is 0.682. The van der Waals surface area contributed by atoms with Crippen molar-refractivity contribution < 1.29 is 9.84 Å². The summed E-state index contributed by atoms with van der Waals surface area (Å²) in [5.74, 6) is 0. The summed E-state index contributed by atoms with van der Waals surface area (Å²) in [5, 5.41) is 12.8. The lowest BCUT2D eigenvalue weighted by atomic mass is 9.89. The van der Waals surface area contributed by atoms with Gasteiger partial charge in [0.2, 0.25) is 0 Å². The lowest BCUT2D eigenvalue weighted by Gasteiger charge is -2.22. The van der Waals surface area contributed by atoms with Crippen LogP contribution in [0.3, 0.4) is 0 Å². The largest absolute Gasteiger partial charge is 0.383 e. The Balaban J connectivity index is 2.23. The number of hydrogen-bond acceptors (Lipinski definition) is 2. The van der Waals surface area contributed by atoms with Gasteiger partial charge in [-0.3, -0.25) is 0 Å². The van der Waals surface area contributed by atoms with Gasteiger partial charge in [0, 0.05) is 13.0 Å². The van der Waals surface area contributed by atoms with Crippen LogP contribution in [0, 0.1) is 0 Å². The first-order valence-electron chi connectivity index (χ1n) is 5.58. The minimum atomic E-state index is -0.805. The highest BCUT2D eigenvalue weighted by molar-refractivity contribution is 5.86. The highest BCUT2D eigenvalue weighted by Gasteiger charge is 2.35. The first-order valence-corrected chi connectivity index (χ1v) is 5.58. The predicted octanol–water partition coefficient (Wildman–Crippen LogP) is 2.45. The van der Waals surface area contributed by atoms with Gasteiger partial charge < -0.3 is 9.84 Å². The number of hydrogen-bond donors (Lipinski definition) is 1. The molecule has 0 spiro atoms. The summed E-state index contributed by atoms with van der Waals surface area (Å²) in [5.41, 5.74) is 0.184. The molecule has 1 atom stereocenters. The molecule has 0 aliphatic carbocycles. The Labute approximate surface area is 94.5 Å². The first kappa shape index (κ1) is 9.82. The van der Waals surface area contributed by atoms with E-state index in [9.17, 15) is 5.11 Å². The van der Waals surface area contributed by atoms with Crippen LogP contribution in [-0.4, -0.2) is 18.3 Å². The number of ether oxygens (including phenoxy) is 1. The van der Waals surface area contributed by atoms with Crippen LogP contribution in [0.15, 0.2) is 42.5 Å². The second-order valence-electron chi connectivity index (χ2n) is 4.36. The van der Waals surface area contributed by atoms with Crippen molar-refractivity contribution in [1.29, 1.82) is 0 Å². The SMILES string of the molecule is OC1(c2cccc3ccccc23)CCOC1. The molecule has 1 aliphatic heterocycles. The number of aliphatic hydroxyl groups is 1. The molecule has 16 heavy (non-hydrogen) atoms. The van der Waals surface area contributed by atoms with Gasteiger partial charge in [-0.15, -0.1) is 0 Å². The fourth-order valence-corrected chi connectivity index (χ4v) is 2.40. The Hall–Kier alpha value is -1.38. The van der Waals surface area contributed by atoms with Crippen molar-refractivity contribution in [3.05, 3.63) is 48.0 Å². The maximum Gasteiger partial charge on any atom is 0.116 e. The third-order valence-electron chi connectivity index (χ3n) is 3.29. The Morgan fingerprint density at radius 2 is 1.88 bits per heavy atom. The van der Waals surface area contributed by atoms with Crippen LogP contribution in [0.1, 0.15) is 12.0 Å². The van der Waals surface area contributed by atoms with Gasteiger partial charge in [-0.05, 0) is 16.3 Å². The van der Waals surface area contributed by atoms with Crippen molar-refractivity contribution >= 4 is 10.8 Å². The highest BCUT2D eigenvalue weighted by atomic mass is 16.5. The second kappa shape index (κ2) is 3.58. The fraction of sp³-hybridized carbons (Fsp3) is 0.286. The molecule has 0 amide bonds. The predicted molar refractivity (Wildman–Crippen MR) is 63.3 cm³/mol. The second-order valence-corrected chi connectivity index (χ2v) is 4.36. The van der Waals surface area contributed by atoms with E-state index in [2.05, 4.69) is 18.2 Å². The molecule has 1 heterocycles. The Morgan fingerprint density at radius 3 is 2.69 bits per heavy atom. The van der Waals surface area contributed by atoms with Gasteiger partial charge in [0.25, 0.3) is 0 Å². The summed E-state index contributed by atoms with van der Waals surface area (Å²) in [6, 6.07) is 14.2. The average Bonchev–Trinajstić information content (AvgIpc) is 2.77. The van der Waals surface area contributed by atoms with Crippen LogP contribution < -0.4 is 0 Å². The average molecular weight is 214 g/mol. The minimum Gasteiger partial charge on any atom is -0.383 e. The van der Waals surface area contributed by atoms with Gasteiger partial charge in [0.15, 0.2) is 0 Å². The third kappa shape index (κ3) is 1.42. The molecule has 2 heteroatoms. The quantitative estimate of drug-likeness (QED) is 0.790. The van der Waals surface area contributed by atoms with Crippen molar-refractivity contribution in [1.82, 2.24) is 0 Å². The van der Waals surface area contributed by atoms with Gasteiger partial charge in [-0.2, -0.15) is 0 Å². The smallest absolute Gasteiger partial charge is 0.116 e. The van der Waals surface area contributed by atoms with E-state index in [0.29, 0.717) is 19.6 Å². The molecule has 1 saturated heterocycles. The summed E-state index contributed by atoms with van der Waals surface area (Å²) in [4.78, 5) is 0. The van der Waals surface area contributed by atoms with Crippen LogP contribution in [0.4, 0.5) is 0 Å². The molecule has 1 N–H and O–H groups in total. The monoisotopic (exact) mass is 214 g/mol. The van der Waals surface area contributed by atoms with Crippen LogP contribution >= 0.6 is 0 Å². The summed E-state index contributed by atoms with van der Waals surface area (Å²) < 4.78 is 5.31. The van der Waals surface area contributed by atoms with E-state index in [1.165, 1.54) is 5.39 Å². The normalized spacial score (nSPS) is 25.1. The van der Waals surface area contributed by atoms with Gasteiger partial charge in [0.1, 0.15) is 5.60 Å². The summed E-state index contributed by atoms with van der Waals surface area (Å²) in [6.45, 7) is 1.04. The zero-order chi connectivity index (χ0) is 11.0. The Morgan fingerprint density at radius 1 is 1.06 bits per heavy atom.